The molecule has 1 fully saturated rings. The number of amides is 1. The predicted molar refractivity (Wildman–Crippen MR) is 64.1 cm³/mol. The standard InChI is InChI=1S/C12H24N2O2/c1-12(2,3)10(6-7-15)14-11(16)8-13-9-4-5-9/h9-10,13,15H,4-8H2,1-3H3,(H,14,16). The number of hydrogen-bond acceptors (Lipinski definition) is 3. The van der Waals surface area contributed by atoms with Crippen LogP contribution in [0.2, 0.25) is 0 Å². The van der Waals surface area contributed by atoms with E-state index in [1.807, 2.05) is 0 Å². The molecule has 1 amide bonds. The molecular formula is C12H24N2O2. The smallest absolute Gasteiger partial charge is 0.234 e. The van der Waals surface area contributed by atoms with Gasteiger partial charge in [-0.3, -0.25) is 4.79 Å². The molecule has 1 unspecified atom stereocenters. The molecule has 3 N–H and O–H groups in total. The maximum Gasteiger partial charge on any atom is 0.234 e. The number of rotatable bonds is 6. The molecule has 0 aromatic rings. The summed E-state index contributed by atoms with van der Waals surface area (Å²) in [5.74, 6) is 0.0280. The highest BCUT2D eigenvalue weighted by atomic mass is 16.3. The minimum Gasteiger partial charge on any atom is -0.396 e. The van der Waals surface area contributed by atoms with Crippen LogP contribution in [0.15, 0.2) is 0 Å². The van der Waals surface area contributed by atoms with E-state index in [-0.39, 0.29) is 24.0 Å². The number of aliphatic hydroxyl groups is 1. The number of aliphatic hydroxyl groups excluding tert-OH is 1. The molecule has 4 nitrogen and oxygen atoms in total. The van der Waals surface area contributed by atoms with Crippen LogP contribution in [0.5, 0.6) is 0 Å². The third-order valence-corrected chi connectivity index (χ3v) is 2.93. The summed E-state index contributed by atoms with van der Waals surface area (Å²) in [7, 11) is 0. The van der Waals surface area contributed by atoms with Crippen molar-refractivity contribution in [2.45, 2.75) is 52.1 Å². The van der Waals surface area contributed by atoms with Gasteiger partial charge in [0.2, 0.25) is 5.91 Å². The van der Waals surface area contributed by atoms with Crippen molar-refractivity contribution >= 4 is 5.91 Å². The molecule has 1 atom stereocenters. The van der Waals surface area contributed by atoms with Gasteiger partial charge in [0.15, 0.2) is 0 Å². The molecule has 0 radical (unpaired) electrons. The van der Waals surface area contributed by atoms with E-state index >= 15 is 0 Å². The Kier molecular flexibility index (Phi) is 4.74. The second-order valence-electron chi connectivity index (χ2n) is 5.65. The molecule has 94 valence electrons. The average Bonchev–Trinajstić information content (AvgIpc) is 2.96. The van der Waals surface area contributed by atoms with E-state index in [0.717, 1.165) is 0 Å². The third kappa shape index (κ3) is 4.94. The Morgan fingerprint density at radius 1 is 1.44 bits per heavy atom. The second-order valence-corrected chi connectivity index (χ2v) is 5.65. The number of hydrogen-bond donors (Lipinski definition) is 3. The largest absolute Gasteiger partial charge is 0.396 e. The minimum atomic E-state index is -0.0159. The van der Waals surface area contributed by atoms with Crippen molar-refractivity contribution in [3.63, 3.8) is 0 Å². The van der Waals surface area contributed by atoms with Gasteiger partial charge >= 0.3 is 0 Å². The molecule has 1 rings (SSSR count). The van der Waals surface area contributed by atoms with Crippen molar-refractivity contribution in [3.8, 4) is 0 Å². The Bertz CT molecular complexity index is 232. The van der Waals surface area contributed by atoms with Crippen molar-refractivity contribution < 1.29 is 9.90 Å². The summed E-state index contributed by atoms with van der Waals surface area (Å²) >= 11 is 0. The van der Waals surface area contributed by atoms with E-state index in [2.05, 4.69) is 31.4 Å². The van der Waals surface area contributed by atoms with Gasteiger partial charge in [-0.15, -0.1) is 0 Å². The van der Waals surface area contributed by atoms with Gasteiger partial charge in [0.25, 0.3) is 0 Å². The fourth-order valence-electron chi connectivity index (χ4n) is 1.62. The third-order valence-electron chi connectivity index (χ3n) is 2.93. The highest BCUT2D eigenvalue weighted by Crippen LogP contribution is 2.21. The Hall–Kier alpha value is -0.610. The van der Waals surface area contributed by atoms with Crippen LogP contribution in [-0.2, 0) is 4.79 Å². The minimum absolute atomic E-state index is 0.0159. The molecule has 1 aliphatic carbocycles. The summed E-state index contributed by atoms with van der Waals surface area (Å²) in [6.45, 7) is 6.72. The quantitative estimate of drug-likeness (QED) is 0.625. The van der Waals surface area contributed by atoms with Gasteiger partial charge in [0, 0.05) is 18.7 Å². The lowest BCUT2D eigenvalue weighted by Crippen LogP contribution is -2.47. The van der Waals surface area contributed by atoms with Gasteiger partial charge in [0.05, 0.1) is 6.54 Å². The molecule has 16 heavy (non-hydrogen) atoms. The van der Waals surface area contributed by atoms with Crippen molar-refractivity contribution in [1.82, 2.24) is 10.6 Å². The van der Waals surface area contributed by atoms with Crippen LogP contribution < -0.4 is 10.6 Å². The molecule has 0 aromatic carbocycles. The van der Waals surface area contributed by atoms with Crippen molar-refractivity contribution in [1.29, 1.82) is 0 Å². The normalized spacial score (nSPS) is 18.2. The van der Waals surface area contributed by atoms with Crippen LogP contribution in [0.25, 0.3) is 0 Å². The van der Waals surface area contributed by atoms with E-state index in [9.17, 15) is 4.79 Å². The summed E-state index contributed by atoms with van der Waals surface area (Å²) < 4.78 is 0. The van der Waals surface area contributed by atoms with E-state index in [4.69, 9.17) is 5.11 Å². The first-order valence-corrected chi connectivity index (χ1v) is 6.07. The zero-order valence-corrected chi connectivity index (χ0v) is 10.5. The number of nitrogens with one attached hydrogen (secondary N) is 2. The summed E-state index contributed by atoms with van der Waals surface area (Å²) in [5, 5.41) is 15.1. The van der Waals surface area contributed by atoms with Gasteiger partial charge in [-0.1, -0.05) is 20.8 Å². The molecule has 0 aliphatic heterocycles. The molecule has 0 heterocycles. The highest BCUT2D eigenvalue weighted by Gasteiger charge is 2.26. The highest BCUT2D eigenvalue weighted by molar-refractivity contribution is 5.78. The second kappa shape index (κ2) is 5.64. The molecule has 1 saturated carbocycles. The first-order valence-electron chi connectivity index (χ1n) is 6.07. The summed E-state index contributed by atoms with van der Waals surface area (Å²) in [4.78, 5) is 11.7. The zero-order chi connectivity index (χ0) is 12.2. The zero-order valence-electron chi connectivity index (χ0n) is 10.5. The molecule has 0 aromatic heterocycles. The Labute approximate surface area is 97.8 Å². The van der Waals surface area contributed by atoms with E-state index in [1.54, 1.807) is 0 Å². The Morgan fingerprint density at radius 2 is 2.06 bits per heavy atom. The number of carbonyl (C=O) groups is 1. The van der Waals surface area contributed by atoms with Gasteiger partial charge in [-0.05, 0) is 24.7 Å². The molecule has 1 aliphatic rings. The lowest BCUT2D eigenvalue weighted by atomic mass is 9.85. The van der Waals surface area contributed by atoms with Crippen molar-refractivity contribution in [2.75, 3.05) is 13.2 Å². The average molecular weight is 228 g/mol. The lowest BCUT2D eigenvalue weighted by molar-refractivity contribution is -0.121. The molecule has 0 spiro atoms. The van der Waals surface area contributed by atoms with E-state index in [1.165, 1.54) is 12.8 Å². The SMILES string of the molecule is CC(C)(C)C(CCO)NC(=O)CNC1CC1. The first-order chi connectivity index (χ1) is 7.43. The van der Waals surface area contributed by atoms with Crippen molar-refractivity contribution in [2.24, 2.45) is 5.41 Å². The summed E-state index contributed by atoms with van der Waals surface area (Å²) in [6.07, 6.45) is 2.98. The van der Waals surface area contributed by atoms with E-state index < -0.39 is 0 Å². The summed E-state index contributed by atoms with van der Waals surface area (Å²) in [5.41, 5.74) is -0.0159. The van der Waals surface area contributed by atoms with Crippen molar-refractivity contribution in [3.05, 3.63) is 0 Å². The maximum absolute atomic E-state index is 11.7. The van der Waals surface area contributed by atoms with Crippen LogP contribution in [-0.4, -0.2) is 36.2 Å². The predicted octanol–water partition coefficient (Wildman–Crippen LogP) is 0.652. The van der Waals surface area contributed by atoms with Gasteiger partial charge in [-0.25, -0.2) is 0 Å². The molecule has 4 heteroatoms. The van der Waals surface area contributed by atoms with Gasteiger partial charge in [-0.2, -0.15) is 0 Å². The number of carbonyl (C=O) groups excluding carboxylic acids is 1. The Morgan fingerprint density at radius 3 is 2.50 bits per heavy atom. The fraction of sp³-hybridized carbons (Fsp3) is 0.917. The topological polar surface area (TPSA) is 61.4 Å². The van der Waals surface area contributed by atoms with Gasteiger partial charge < -0.3 is 15.7 Å². The van der Waals surface area contributed by atoms with E-state index in [0.29, 0.717) is 19.0 Å². The van der Waals surface area contributed by atoms with Crippen LogP contribution in [0.1, 0.15) is 40.0 Å². The molecule has 0 bridgehead atoms. The van der Waals surface area contributed by atoms with Crippen LogP contribution >= 0.6 is 0 Å². The van der Waals surface area contributed by atoms with Crippen LogP contribution in [0.4, 0.5) is 0 Å². The molecular weight excluding hydrogens is 204 g/mol. The van der Waals surface area contributed by atoms with Crippen LogP contribution in [0, 0.1) is 5.41 Å². The Balaban J connectivity index is 2.31. The monoisotopic (exact) mass is 228 g/mol. The maximum atomic E-state index is 11.7. The molecule has 0 saturated heterocycles. The van der Waals surface area contributed by atoms with Gasteiger partial charge in [0.1, 0.15) is 0 Å². The lowest BCUT2D eigenvalue weighted by Gasteiger charge is -2.31. The first kappa shape index (κ1) is 13.5. The fourth-order valence-corrected chi connectivity index (χ4v) is 1.62. The van der Waals surface area contributed by atoms with Crippen LogP contribution in [0.3, 0.4) is 0 Å². The summed E-state index contributed by atoms with van der Waals surface area (Å²) in [6, 6.07) is 0.586.